The fourth-order valence-corrected chi connectivity index (χ4v) is 4.12. The highest BCUT2D eigenvalue weighted by Crippen LogP contribution is 2.40. The molecule has 1 unspecified atom stereocenters. The second-order valence-electron chi connectivity index (χ2n) is 7.99. The van der Waals surface area contributed by atoms with Crippen LogP contribution in [0.1, 0.15) is 36.0 Å². The average molecular weight is 429 g/mol. The molecule has 31 heavy (non-hydrogen) atoms. The predicted molar refractivity (Wildman–Crippen MR) is 113 cm³/mol. The minimum atomic E-state index is -4.60. The first-order valence-electron chi connectivity index (χ1n) is 10.1. The van der Waals surface area contributed by atoms with Gasteiger partial charge in [0.2, 0.25) is 11.8 Å². The van der Waals surface area contributed by atoms with E-state index in [0.29, 0.717) is 17.8 Å². The number of anilines is 2. The van der Waals surface area contributed by atoms with Gasteiger partial charge in [-0.3, -0.25) is 14.6 Å². The highest BCUT2D eigenvalue weighted by atomic mass is 19.4. The van der Waals surface area contributed by atoms with Gasteiger partial charge in [0.1, 0.15) is 6.54 Å². The topological polar surface area (TPSA) is 61.8 Å². The number of rotatable bonds is 3. The minimum Gasteiger partial charge on any atom is -0.324 e. The van der Waals surface area contributed by atoms with Crippen LogP contribution in [-0.4, -0.2) is 24.1 Å². The van der Waals surface area contributed by atoms with E-state index in [-0.39, 0.29) is 18.1 Å². The van der Waals surface area contributed by atoms with E-state index in [1.165, 1.54) is 23.1 Å². The molecule has 0 bridgehead atoms. The second-order valence-corrected chi connectivity index (χ2v) is 7.99. The largest absolute Gasteiger partial charge is 0.418 e. The Bertz CT molecular complexity index is 1090. The molecule has 5 nitrogen and oxygen atoms in total. The molecule has 162 valence electrons. The maximum Gasteiger partial charge on any atom is 0.418 e. The summed E-state index contributed by atoms with van der Waals surface area (Å²) in [6.07, 6.45) is -2.38. The van der Waals surface area contributed by atoms with Crippen molar-refractivity contribution in [2.75, 3.05) is 16.8 Å². The number of amides is 2. The van der Waals surface area contributed by atoms with Crippen molar-refractivity contribution in [1.82, 2.24) is 0 Å². The number of halogens is 3. The molecule has 1 saturated carbocycles. The van der Waals surface area contributed by atoms with Gasteiger partial charge in [0, 0.05) is 5.71 Å². The van der Waals surface area contributed by atoms with Crippen LogP contribution >= 0.6 is 0 Å². The summed E-state index contributed by atoms with van der Waals surface area (Å²) in [6.45, 7) is 3.45. The Hall–Kier alpha value is -3.16. The smallest absolute Gasteiger partial charge is 0.324 e. The van der Waals surface area contributed by atoms with E-state index in [1.54, 1.807) is 0 Å². The van der Waals surface area contributed by atoms with Crippen molar-refractivity contribution in [3.05, 3.63) is 53.1 Å². The van der Waals surface area contributed by atoms with Crippen molar-refractivity contribution >= 4 is 34.6 Å². The maximum absolute atomic E-state index is 13.3. The molecule has 1 atom stereocenters. The number of carbonyl (C=O) groups is 2. The highest BCUT2D eigenvalue weighted by molar-refractivity contribution is 6.17. The summed E-state index contributed by atoms with van der Waals surface area (Å²) >= 11 is 0. The van der Waals surface area contributed by atoms with Gasteiger partial charge >= 0.3 is 6.18 Å². The van der Waals surface area contributed by atoms with Crippen molar-refractivity contribution < 1.29 is 22.8 Å². The van der Waals surface area contributed by atoms with Crippen LogP contribution in [-0.2, 0) is 15.8 Å². The van der Waals surface area contributed by atoms with E-state index in [1.807, 2.05) is 26.0 Å². The minimum absolute atomic E-state index is 0.238. The number of hydrogen-bond acceptors (Lipinski definition) is 3. The number of para-hydroxylation sites is 1. The number of carbonyl (C=O) groups excluding carboxylic acids is 2. The van der Waals surface area contributed by atoms with Crippen molar-refractivity contribution in [2.24, 2.45) is 10.9 Å². The second kappa shape index (κ2) is 7.83. The van der Waals surface area contributed by atoms with Crippen LogP contribution in [0.4, 0.5) is 30.2 Å². The van der Waals surface area contributed by atoms with Gasteiger partial charge in [-0.05, 0) is 68.5 Å². The van der Waals surface area contributed by atoms with Crippen LogP contribution in [0.15, 0.2) is 41.4 Å². The summed E-state index contributed by atoms with van der Waals surface area (Å²) in [6, 6.07) is 8.48. The molecule has 8 heteroatoms. The van der Waals surface area contributed by atoms with Gasteiger partial charge in [-0.15, -0.1) is 0 Å². The predicted octanol–water partition coefficient (Wildman–Crippen LogP) is 5.18. The average Bonchev–Trinajstić information content (AvgIpc) is 3.13. The van der Waals surface area contributed by atoms with Crippen molar-refractivity contribution in [2.45, 2.75) is 39.3 Å². The molecule has 2 aromatic rings. The van der Waals surface area contributed by atoms with Gasteiger partial charge in [-0.25, -0.2) is 0 Å². The first-order valence-corrected chi connectivity index (χ1v) is 10.1. The van der Waals surface area contributed by atoms with Crippen molar-refractivity contribution in [3.8, 4) is 0 Å². The molecule has 0 spiro atoms. The van der Waals surface area contributed by atoms with E-state index in [4.69, 9.17) is 4.99 Å². The lowest BCUT2D eigenvalue weighted by atomic mass is 10.0. The molecule has 4 rings (SSSR count). The Labute approximate surface area is 178 Å². The zero-order valence-electron chi connectivity index (χ0n) is 17.2. The number of nitrogens with one attached hydrogen (secondary N) is 1. The summed E-state index contributed by atoms with van der Waals surface area (Å²) in [7, 11) is 0. The lowest BCUT2D eigenvalue weighted by Crippen LogP contribution is -2.42. The monoisotopic (exact) mass is 429 g/mol. The molecule has 1 N–H and O–H groups in total. The highest BCUT2D eigenvalue weighted by Gasteiger charge is 2.38. The first-order chi connectivity index (χ1) is 14.6. The third-order valence-electron chi connectivity index (χ3n) is 5.85. The van der Waals surface area contributed by atoms with Gasteiger partial charge in [0.15, 0.2) is 0 Å². The van der Waals surface area contributed by atoms with Gasteiger partial charge in [0.05, 0.1) is 28.5 Å². The fourth-order valence-electron chi connectivity index (χ4n) is 4.12. The van der Waals surface area contributed by atoms with E-state index in [0.717, 1.165) is 35.7 Å². The first kappa shape index (κ1) is 21.1. The number of aryl methyl sites for hydroxylation is 2. The lowest BCUT2D eigenvalue weighted by Gasteiger charge is -2.25. The molecule has 0 aromatic heterocycles. The van der Waals surface area contributed by atoms with Crippen LogP contribution in [0.2, 0.25) is 0 Å². The van der Waals surface area contributed by atoms with Crippen LogP contribution < -0.4 is 10.2 Å². The number of aliphatic imine (C=N–C) groups is 1. The summed E-state index contributed by atoms with van der Waals surface area (Å²) in [4.78, 5) is 32.1. The Morgan fingerprint density at radius 2 is 1.90 bits per heavy atom. The number of benzene rings is 2. The number of alkyl halides is 3. The number of hydrogen-bond donors (Lipinski definition) is 1. The molecule has 1 fully saturated rings. The van der Waals surface area contributed by atoms with Gasteiger partial charge in [0.25, 0.3) is 0 Å². The van der Waals surface area contributed by atoms with E-state index in [9.17, 15) is 22.8 Å². The Balaban J connectivity index is 1.66. The van der Waals surface area contributed by atoms with Gasteiger partial charge in [-0.1, -0.05) is 12.1 Å². The molecule has 2 amide bonds. The number of nitrogens with zero attached hydrogens (tertiary/aromatic N) is 2. The number of fused-ring (bicyclic) bond motifs is 2. The van der Waals surface area contributed by atoms with E-state index >= 15 is 0 Å². The quantitative estimate of drug-likeness (QED) is 0.731. The Morgan fingerprint density at radius 3 is 2.65 bits per heavy atom. The van der Waals surface area contributed by atoms with Gasteiger partial charge < -0.3 is 10.2 Å². The summed E-state index contributed by atoms with van der Waals surface area (Å²) in [5.74, 6) is -1.34. The van der Waals surface area contributed by atoms with Gasteiger partial charge in [-0.2, -0.15) is 13.2 Å². The van der Waals surface area contributed by atoms with Crippen LogP contribution in [0.5, 0.6) is 0 Å². The molecule has 1 aliphatic heterocycles. The summed E-state index contributed by atoms with van der Waals surface area (Å²) < 4.78 is 39.8. The zero-order chi connectivity index (χ0) is 22.3. The zero-order valence-corrected chi connectivity index (χ0v) is 17.2. The Morgan fingerprint density at radius 1 is 1.19 bits per heavy atom. The van der Waals surface area contributed by atoms with E-state index in [2.05, 4.69) is 5.32 Å². The summed E-state index contributed by atoms with van der Waals surface area (Å²) in [5, 5.41) is 2.33. The molecule has 1 heterocycles. The third-order valence-corrected chi connectivity index (χ3v) is 5.85. The van der Waals surface area contributed by atoms with E-state index < -0.39 is 23.6 Å². The molecular formula is C23H22F3N3O2. The molecule has 0 radical (unpaired) electrons. The molecule has 2 aromatic carbocycles. The normalized spacial score (nSPS) is 18.2. The lowest BCUT2D eigenvalue weighted by molar-refractivity contribution is -0.137. The SMILES string of the molecule is Cc1cc2c(cc1C)N(CC(=O)Nc1ccccc1C(F)(F)F)C(=O)C1CCCC1=N2. The molecule has 2 aliphatic rings. The standard InChI is InChI=1S/C23H22F3N3O2/c1-13-10-19-20(11-14(13)2)29(22(31)15-6-5-9-17(15)27-19)12-21(30)28-18-8-4-3-7-16(18)23(24,25)26/h3-4,7-8,10-11,15H,5-6,9,12H2,1-2H3,(H,28,30). The van der Waals surface area contributed by atoms with Crippen molar-refractivity contribution in [1.29, 1.82) is 0 Å². The summed E-state index contributed by atoms with van der Waals surface area (Å²) in [5.41, 5.74) is 2.61. The third kappa shape index (κ3) is 4.06. The maximum atomic E-state index is 13.3. The fraction of sp³-hybridized carbons (Fsp3) is 0.348. The molecule has 1 aliphatic carbocycles. The van der Waals surface area contributed by atoms with Crippen LogP contribution in [0.25, 0.3) is 0 Å². The molecule has 0 saturated heterocycles. The Kier molecular flexibility index (Phi) is 5.33. The molecular weight excluding hydrogens is 407 g/mol. The van der Waals surface area contributed by atoms with Crippen LogP contribution in [0, 0.1) is 19.8 Å². The van der Waals surface area contributed by atoms with Crippen LogP contribution in [0.3, 0.4) is 0 Å². The van der Waals surface area contributed by atoms with Crippen molar-refractivity contribution in [3.63, 3.8) is 0 Å².